The molecule has 0 bridgehead atoms. The fourth-order valence-corrected chi connectivity index (χ4v) is 1.67. The van der Waals surface area contributed by atoms with E-state index in [1.54, 1.807) is 18.2 Å². The van der Waals surface area contributed by atoms with E-state index in [1.165, 1.54) is 18.2 Å². The van der Waals surface area contributed by atoms with Crippen LogP contribution in [0.2, 0.25) is 0 Å². The lowest BCUT2D eigenvalue weighted by Crippen LogP contribution is -2.02. The van der Waals surface area contributed by atoms with Gasteiger partial charge < -0.3 is 5.32 Å². The van der Waals surface area contributed by atoms with Crippen molar-refractivity contribution < 1.29 is 8.78 Å². The van der Waals surface area contributed by atoms with Gasteiger partial charge in [0.2, 0.25) is 0 Å². The molecule has 0 atom stereocenters. The first-order valence-electron chi connectivity index (χ1n) is 5.87. The van der Waals surface area contributed by atoms with Gasteiger partial charge in [0.15, 0.2) is 0 Å². The highest BCUT2D eigenvalue weighted by molar-refractivity contribution is 5.62. The molecule has 0 aliphatic carbocycles. The number of nitrogens with one attached hydrogen (secondary N) is 1. The summed E-state index contributed by atoms with van der Waals surface area (Å²) in [5.74, 6) is -0.581. The predicted molar refractivity (Wildman–Crippen MR) is 68.4 cm³/mol. The van der Waals surface area contributed by atoms with Crippen LogP contribution in [-0.2, 0) is 0 Å². The lowest BCUT2D eigenvalue weighted by atomic mass is 10.1. The number of benzene rings is 1. The van der Waals surface area contributed by atoms with E-state index in [1.807, 2.05) is 6.92 Å². The molecule has 0 saturated carbocycles. The fraction of sp³-hybridized carbons (Fsp3) is 0.214. The number of halogens is 2. The molecule has 0 aliphatic heterocycles. The SMILES string of the molecule is CCCNc1cccc(-c2c(F)cccc2F)n1. The van der Waals surface area contributed by atoms with Crippen molar-refractivity contribution in [1.82, 2.24) is 4.98 Å². The van der Waals surface area contributed by atoms with E-state index in [2.05, 4.69) is 10.3 Å². The normalized spacial score (nSPS) is 10.4. The van der Waals surface area contributed by atoms with E-state index >= 15 is 0 Å². The van der Waals surface area contributed by atoms with Crippen molar-refractivity contribution in [2.24, 2.45) is 0 Å². The Kier molecular flexibility index (Phi) is 3.87. The second kappa shape index (κ2) is 5.58. The average molecular weight is 248 g/mol. The zero-order valence-corrected chi connectivity index (χ0v) is 10.1. The number of rotatable bonds is 4. The van der Waals surface area contributed by atoms with Crippen LogP contribution in [0, 0.1) is 11.6 Å². The van der Waals surface area contributed by atoms with Gasteiger partial charge in [-0.05, 0) is 30.7 Å². The van der Waals surface area contributed by atoms with Gasteiger partial charge in [-0.1, -0.05) is 19.1 Å². The molecule has 0 fully saturated rings. The summed E-state index contributed by atoms with van der Waals surface area (Å²) in [4.78, 5) is 4.21. The molecule has 0 aliphatic rings. The van der Waals surface area contributed by atoms with Gasteiger partial charge in [-0.25, -0.2) is 13.8 Å². The first-order valence-corrected chi connectivity index (χ1v) is 5.87. The highest BCUT2D eigenvalue weighted by atomic mass is 19.1. The van der Waals surface area contributed by atoms with Gasteiger partial charge in [0.25, 0.3) is 0 Å². The van der Waals surface area contributed by atoms with Crippen molar-refractivity contribution in [3.8, 4) is 11.3 Å². The van der Waals surface area contributed by atoms with Crippen molar-refractivity contribution in [2.75, 3.05) is 11.9 Å². The third-order valence-electron chi connectivity index (χ3n) is 2.52. The predicted octanol–water partition coefficient (Wildman–Crippen LogP) is 3.85. The van der Waals surface area contributed by atoms with Gasteiger partial charge in [-0.2, -0.15) is 0 Å². The number of aromatic nitrogens is 1. The van der Waals surface area contributed by atoms with Crippen LogP contribution in [-0.4, -0.2) is 11.5 Å². The Balaban J connectivity index is 2.38. The molecule has 0 radical (unpaired) electrons. The Morgan fingerprint density at radius 3 is 2.39 bits per heavy atom. The molecule has 4 heteroatoms. The topological polar surface area (TPSA) is 24.9 Å². The van der Waals surface area contributed by atoms with Crippen LogP contribution < -0.4 is 5.32 Å². The van der Waals surface area contributed by atoms with E-state index in [0.717, 1.165) is 13.0 Å². The van der Waals surface area contributed by atoms with E-state index in [4.69, 9.17) is 0 Å². The summed E-state index contributed by atoms with van der Waals surface area (Å²) in [5.41, 5.74) is 0.212. The smallest absolute Gasteiger partial charge is 0.135 e. The molecule has 2 nitrogen and oxygen atoms in total. The van der Waals surface area contributed by atoms with Gasteiger partial charge in [0.1, 0.15) is 17.5 Å². The minimum Gasteiger partial charge on any atom is -0.370 e. The molecule has 18 heavy (non-hydrogen) atoms. The van der Waals surface area contributed by atoms with E-state index in [-0.39, 0.29) is 5.56 Å². The first-order chi connectivity index (χ1) is 8.72. The van der Waals surface area contributed by atoms with Gasteiger partial charge in [0.05, 0.1) is 11.3 Å². The Bertz CT molecular complexity index is 521. The second-order valence-electron chi connectivity index (χ2n) is 3.93. The maximum atomic E-state index is 13.6. The van der Waals surface area contributed by atoms with Gasteiger partial charge >= 0.3 is 0 Å². The summed E-state index contributed by atoms with van der Waals surface area (Å²) in [7, 11) is 0. The minimum absolute atomic E-state index is 0.0855. The molecule has 0 amide bonds. The van der Waals surface area contributed by atoms with E-state index in [9.17, 15) is 8.78 Å². The van der Waals surface area contributed by atoms with Gasteiger partial charge in [-0.3, -0.25) is 0 Å². The Labute approximate surface area is 105 Å². The molecular weight excluding hydrogens is 234 g/mol. The van der Waals surface area contributed by atoms with Crippen molar-refractivity contribution >= 4 is 5.82 Å². The maximum Gasteiger partial charge on any atom is 0.135 e. The third-order valence-corrected chi connectivity index (χ3v) is 2.52. The number of hydrogen-bond donors (Lipinski definition) is 1. The Hall–Kier alpha value is -1.97. The molecule has 2 rings (SSSR count). The molecule has 94 valence electrons. The monoisotopic (exact) mass is 248 g/mol. The van der Waals surface area contributed by atoms with Gasteiger partial charge in [-0.15, -0.1) is 0 Å². The number of anilines is 1. The van der Waals surface area contributed by atoms with Crippen LogP contribution >= 0.6 is 0 Å². The van der Waals surface area contributed by atoms with Crippen molar-refractivity contribution in [3.05, 3.63) is 48.0 Å². The second-order valence-corrected chi connectivity index (χ2v) is 3.93. The number of hydrogen-bond acceptors (Lipinski definition) is 2. The first kappa shape index (κ1) is 12.5. The molecule has 1 aromatic heterocycles. The van der Waals surface area contributed by atoms with Gasteiger partial charge in [0, 0.05) is 6.54 Å². The number of nitrogens with zero attached hydrogens (tertiary/aromatic N) is 1. The Morgan fingerprint density at radius 2 is 1.72 bits per heavy atom. The average Bonchev–Trinajstić information content (AvgIpc) is 2.37. The quantitative estimate of drug-likeness (QED) is 0.889. The summed E-state index contributed by atoms with van der Waals surface area (Å²) >= 11 is 0. The zero-order valence-electron chi connectivity index (χ0n) is 10.1. The minimum atomic E-state index is -0.602. The van der Waals surface area contributed by atoms with Crippen molar-refractivity contribution in [3.63, 3.8) is 0 Å². The lowest BCUT2D eigenvalue weighted by molar-refractivity contribution is 0.588. The highest BCUT2D eigenvalue weighted by Gasteiger charge is 2.12. The molecule has 2 aromatic rings. The summed E-state index contributed by atoms with van der Waals surface area (Å²) in [6.45, 7) is 2.81. The summed E-state index contributed by atoms with van der Waals surface area (Å²) in [6.07, 6.45) is 0.958. The third kappa shape index (κ3) is 2.64. The van der Waals surface area contributed by atoms with Crippen molar-refractivity contribution in [1.29, 1.82) is 0 Å². The Morgan fingerprint density at radius 1 is 1.06 bits per heavy atom. The molecule has 1 N–H and O–H groups in total. The highest BCUT2D eigenvalue weighted by Crippen LogP contribution is 2.25. The maximum absolute atomic E-state index is 13.6. The molecule has 0 spiro atoms. The van der Waals surface area contributed by atoms with Crippen molar-refractivity contribution in [2.45, 2.75) is 13.3 Å². The van der Waals surface area contributed by atoms with E-state index < -0.39 is 11.6 Å². The lowest BCUT2D eigenvalue weighted by Gasteiger charge is -2.08. The fourth-order valence-electron chi connectivity index (χ4n) is 1.67. The van der Waals surface area contributed by atoms with Crippen LogP contribution in [0.4, 0.5) is 14.6 Å². The summed E-state index contributed by atoms with van der Waals surface area (Å²) in [5, 5.41) is 3.09. The molecule has 0 saturated heterocycles. The standard InChI is InChI=1S/C14H14F2N2/c1-2-9-17-13-8-4-7-12(18-13)14-10(15)5-3-6-11(14)16/h3-8H,2,9H2,1H3,(H,17,18). The van der Waals surface area contributed by atoms with Crippen LogP contribution in [0.1, 0.15) is 13.3 Å². The molecular formula is C14H14F2N2. The summed E-state index contributed by atoms with van der Waals surface area (Å²) in [6, 6.07) is 8.90. The van der Waals surface area contributed by atoms with Crippen LogP contribution in [0.3, 0.4) is 0 Å². The van der Waals surface area contributed by atoms with E-state index in [0.29, 0.717) is 11.5 Å². The molecule has 1 aromatic carbocycles. The summed E-state index contributed by atoms with van der Waals surface area (Å²) < 4.78 is 27.2. The molecule has 0 unspecified atom stereocenters. The molecule has 1 heterocycles. The largest absolute Gasteiger partial charge is 0.370 e. The zero-order chi connectivity index (χ0) is 13.0. The van der Waals surface area contributed by atoms with Crippen LogP contribution in [0.25, 0.3) is 11.3 Å². The van der Waals surface area contributed by atoms with Crippen LogP contribution in [0.15, 0.2) is 36.4 Å². The number of pyridine rings is 1. The van der Waals surface area contributed by atoms with Crippen LogP contribution in [0.5, 0.6) is 0 Å².